The number of hydrogen-bond donors (Lipinski definition) is 0. The van der Waals surface area contributed by atoms with Crippen molar-refractivity contribution >= 4 is 5.78 Å². The summed E-state index contributed by atoms with van der Waals surface area (Å²) in [4.78, 5) is 11.2. The zero-order chi connectivity index (χ0) is 10.2. The first kappa shape index (κ1) is 10.5. The van der Waals surface area contributed by atoms with Crippen LogP contribution in [-0.4, -0.2) is 12.4 Å². The molecule has 0 saturated carbocycles. The highest BCUT2D eigenvalue weighted by Gasteiger charge is 2.00. The molecule has 2 heteroatoms. The summed E-state index contributed by atoms with van der Waals surface area (Å²) in [5, 5.41) is 0. The van der Waals surface area contributed by atoms with Crippen LogP contribution in [-0.2, 0) is 4.79 Å². The van der Waals surface area contributed by atoms with Gasteiger partial charge in [0.25, 0.3) is 0 Å². The lowest BCUT2D eigenvalue weighted by molar-refractivity contribution is -0.120. The fraction of sp³-hybridized carbons (Fsp3) is 0.250. The molecule has 74 valence electrons. The minimum Gasteiger partial charge on any atom is -0.486 e. The molecule has 0 heterocycles. The monoisotopic (exact) mass is 190 g/mol. The SMILES string of the molecule is C=CCCC(=O)COc1ccccc1. The summed E-state index contributed by atoms with van der Waals surface area (Å²) >= 11 is 0. The maximum absolute atomic E-state index is 11.2. The van der Waals surface area contributed by atoms with Gasteiger partial charge in [-0.3, -0.25) is 4.79 Å². The van der Waals surface area contributed by atoms with E-state index in [1.165, 1.54) is 0 Å². The molecule has 0 spiro atoms. The number of carbonyl (C=O) groups excluding carboxylic acids is 1. The normalized spacial score (nSPS) is 9.43. The molecule has 0 saturated heterocycles. The summed E-state index contributed by atoms with van der Waals surface area (Å²) < 4.78 is 5.28. The molecule has 0 radical (unpaired) electrons. The summed E-state index contributed by atoms with van der Waals surface area (Å²) in [7, 11) is 0. The smallest absolute Gasteiger partial charge is 0.170 e. The summed E-state index contributed by atoms with van der Waals surface area (Å²) in [6.45, 7) is 3.71. The quantitative estimate of drug-likeness (QED) is 0.644. The summed E-state index contributed by atoms with van der Waals surface area (Å²) in [5.41, 5.74) is 0. The van der Waals surface area contributed by atoms with Crippen LogP contribution < -0.4 is 4.74 Å². The first-order valence-electron chi connectivity index (χ1n) is 4.63. The number of carbonyl (C=O) groups is 1. The van der Waals surface area contributed by atoms with Crippen molar-refractivity contribution in [1.82, 2.24) is 0 Å². The molecular formula is C12H14O2. The average Bonchev–Trinajstić information content (AvgIpc) is 2.25. The molecule has 0 aromatic heterocycles. The molecule has 0 aliphatic carbocycles. The molecule has 0 fully saturated rings. The highest BCUT2D eigenvalue weighted by Crippen LogP contribution is 2.08. The number of allylic oxidation sites excluding steroid dienone is 1. The van der Waals surface area contributed by atoms with Crippen LogP contribution in [0.2, 0.25) is 0 Å². The van der Waals surface area contributed by atoms with E-state index in [2.05, 4.69) is 6.58 Å². The van der Waals surface area contributed by atoms with Crippen molar-refractivity contribution < 1.29 is 9.53 Å². The molecule has 0 unspecified atom stereocenters. The molecule has 0 aliphatic heterocycles. The van der Waals surface area contributed by atoms with Crippen molar-refractivity contribution in [2.75, 3.05) is 6.61 Å². The van der Waals surface area contributed by atoms with E-state index in [1.807, 2.05) is 30.3 Å². The van der Waals surface area contributed by atoms with Crippen molar-refractivity contribution in [3.63, 3.8) is 0 Å². The number of benzene rings is 1. The van der Waals surface area contributed by atoms with Gasteiger partial charge in [0.2, 0.25) is 0 Å². The molecule has 0 atom stereocenters. The van der Waals surface area contributed by atoms with E-state index < -0.39 is 0 Å². The fourth-order valence-electron chi connectivity index (χ4n) is 1.02. The van der Waals surface area contributed by atoms with E-state index in [0.717, 1.165) is 12.2 Å². The van der Waals surface area contributed by atoms with Crippen molar-refractivity contribution in [3.8, 4) is 5.75 Å². The van der Waals surface area contributed by atoms with Gasteiger partial charge in [-0.1, -0.05) is 24.3 Å². The van der Waals surface area contributed by atoms with Crippen molar-refractivity contribution in [3.05, 3.63) is 43.0 Å². The lowest BCUT2D eigenvalue weighted by atomic mass is 10.2. The van der Waals surface area contributed by atoms with Gasteiger partial charge < -0.3 is 4.74 Å². The van der Waals surface area contributed by atoms with Gasteiger partial charge in [0.15, 0.2) is 5.78 Å². The number of rotatable bonds is 6. The van der Waals surface area contributed by atoms with Crippen LogP contribution in [0, 0.1) is 0 Å². The predicted molar refractivity (Wildman–Crippen MR) is 56.4 cm³/mol. The lowest BCUT2D eigenvalue weighted by Gasteiger charge is -2.03. The van der Waals surface area contributed by atoms with Gasteiger partial charge in [-0.05, 0) is 18.6 Å². The topological polar surface area (TPSA) is 26.3 Å². The van der Waals surface area contributed by atoms with Crippen molar-refractivity contribution in [2.24, 2.45) is 0 Å². The number of Topliss-reactive ketones (excluding diaryl/α,β-unsaturated/α-hetero) is 1. The highest BCUT2D eigenvalue weighted by molar-refractivity contribution is 5.80. The van der Waals surface area contributed by atoms with Crippen LogP contribution in [0.3, 0.4) is 0 Å². The second-order valence-corrected chi connectivity index (χ2v) is 2.97. The average molecular weight is 190 g/mol. The Kier molecular flexibility index (Phi) is 4.48. The maximum atomic E-state index is 11.2. The molecule has 1 rings (SSSR count). The van der Waals surface area contributed by atoms with Crippen LogP contribution >= 0.6 is 0 Å². The van der Waals surface area contributed by atoms with Crippen LogP contribution in [0.5, 0.6) is 5.75 Å². The largest absolute Gasteiger partial charge is 0.486 e. The van der Waals surface area contributed by atoms with E-state index in [1.54, 1.807) is 6.08 Å². The Bertz CT molecular complexity index is 290. The summed E-state index contributed by atoms with van der Waals surface area (Å²) in [6.07, 6.45) is 2.97. The van der Waals surface area contributed by atoms with Gasteiger partial charge in [0, 0.05) is 6.42 Å². The molecule has 0 bridgehead atoms. The van der Waals surface area contributed by atoms with E-state index in [0.29, 0.717) is 6.42 Å². The maximum Gasteiger partial charge on any atom is 0.170 e. The van der Waals surface area contributed by atoms with Crippen LogP contribution in [0.15, 0.2) is 43.0 Å². The molecule has 2 nitrogen and oxygen atoms in total. The minimum absolute atomic E-state index is 0.105. The molecule has 0 amide bonds. The Morgan fingerprint density at radius 3 is 2.71 bits per heavy atom. The van der Waals surface area contributed by atoms with Gasteiger partial charge in [0.05, 0.1) is 0 Å². The van der Waals surface area contributed by atoms with E-state index >= 15 is 0 Å². The molecule has 1 aromatic carbocycles. The Morgan fingerprint density at radius 1 is 1.36 bits per heavy atom. The summed E-state index contributed by atoms with van der Waals surface area (Å²) in [5.74, 6) is 0.841. The zero-order valence-corrected chi connectivity index (χ0v) is 8.11. The van der Waals surface area contributed by atoms with E-state index in [-0.39, 0.29) is 12.4 Å². The van der Waals surface area contributed by atoms with E-state index in [4.69, 9.17) is 4.74 Å². The van der Waals surface area contributed by atoms with Crippen LogP contribution in [0.1, 0.15) is 12.8 Å². The number of para-hydroxylation sites is 1. The Balaban J connectivity index is 2.27. The third-order valence-corrected chi connectivity index (χ3v) is 1.77. The van der Waals surface area contributed by atoms with Gasteiger partial charge in [-0.25, -0.2) is 0 Å². The third-order valence-electron chi connectivity index (χ3n) is 1.77. The Hall–Kier alpha value is -1.57. The first-order chi connectivity index (χ1) is 6.83. The summed E-state index contributed by atoms with van der Waals surface area (Å²) in [6, 6.07) is 9.33. The number of ketones is 1. The lowest BCUT2D eigenvalue weighted by Crippen LogP contribution is -2.10. The minimum atomic E-state index is 0.105. The fourth-order valence-corrected chi connectivity index (χ4v) is 1.02. The third kappa shape index (κ3) is 3.90. The van der Waals surface area contributed by atoms with E-state index in [9.17, 15) is 4.79 Å². The Labute approximate surface area is 84.2 Å². The zero-order valence-electron chi connectivity index (χ0n) is 8.11. The standard InChI is InChI=1S/C12H14O2/c1-2-3-7-11(13)10-14-12-8-5-4-6-9-12/h2,4-6,8-9H,1,3,7,10H2. The van der Waals surface area contributed by atoms with Crippen molar-refractivity contribution in [2.45, 2.75) is 12.8 Å². The molecule has 0 N–H and O–H groups in total. The second kappa shape index (κ2) is 5.97. The molecule has 0 aliphatic rings. The molecular weight excluding hydrogens is 176 g/mol. The highest BCUT2D eigenvalue weighted by atomic mass is 16.5. The van der Waals surface area contributed by atoms with Crippen molar-refractivity contribution in [1.29, 1.82) is 0 Å². The second-order valence-electron chi connectivity index (χ2n) is 2.97. The van der Waals surface area contributed by atoms with Crippen LogP contribution in [0.4, 0.5) is 0 Å². The molecule has 1 aromatic rings. The first-order valence-corrected chi connectivity index (χ1v) is 4.63. The predicted octanol–water partition coefficient (Wildman–Crippen LogP) is 2.60. The van der Waals surface area contributed by atoms with Gasteiger partial charge in [-0.2, -0.15) is 0 Å². The van der Waals surface area contributed by atoms with Gasteiger partial charge >= 0.3 is 0 Å². The van der Waals surface area contributed by atoms with Gasteiger partial charge in [-0.15, -0.1) is 6.58 Å². The Morgan fingerprint density at radius 2 is 2.07 bits per heavy atom. The number of ether oxygens (including phenoxy) is 1. The molecule has 14 heavy (non-hydrogen) atoms. The van der Waals surface area contributed by atoms with Gasteiger partial charge in [0.1, 0.15) is 12.4 Å². The van der Waals surface area contributed by atoms with Crippen LogP contribution in [0.25, 0.3) is 0 Å². The number of hydrogen-bond acceptors (Lipinski definition) is 2.